The van der Waals surface area contributed by atoms with Crippen LogP contribution in [0.2, 0.25) is 0 Å². The van der Waals surface area contributed by atoms with Gasteiger partial charge in [-0.25, -0.2) is 0 Å². The molecular formula is C19H15NOS. The van der Waals surface area contributed by atoms with Crippen LogP contribution in [0.25, 0.3) is 0 Å². The normalized spacial score (nSPS) is 12.0. The van der Waals surface area contributed by atoms with E-state index in [1.54, 1.807) is 11.8 Å². The Morgan fingerprint density at radius 3 is 2.45 bits per heavy atom. The molecule has 3 aromatic rings. The van der Waals surface area contributed by atoms with E-state index in [4.69, 9.17) is 4.74 Å². The van der Waals surface area contributed by atoms with Crippen LogP contribution in [-0.4, -0.2) is 0 Å². The van der Waals surface area contributed by atoms with Crippen LogP contribution in [0, 0.1) is 0 Å². The molecule has 1 heterocycles. The number of para-hydroxylation sites is 1. The number of fused-ring (bicyclic) bond motifs is 2. The fourth-order valence-corrected chi connectivity index (χ4v) is 3.37. The van der Waals surface area contributed by atoms with Gasteiger partial charge in [0.25, 0.3) is 0 Å². The van der Waals surface area contributed by atoms with Gasteiger partial charge in [0.1, 0.15) is 11.5 Å². The molecule has 0 saturated heterocycles. The summed E-state index contributed by atoms with van der Waals surface area (Å²) < 4.78 is 6.01. The van der Waals surface area contributed by atoms with Crippen molar-refractivity contribution in [1.29, 1.82) is 0 Å². The first-order chi connectivity index (χ1) is 10.9. The average molecular weight is 305 g/mol. The van der Waals surface area contributed by atoms with Gasteiger partial charge in [0, 0.05) is 18.3 Å². The first-order valence-electron chi connectivity index (χ1n) is 7.25. The molecule has 1 aliphatic rings. The molecule has 4 rings (SSSR count). The lowest BCUT2D eigenvalue weighted by Crippen LogP contribution is -2.00. The summed E-state index contributed by atoms with van der Waals surface area (Å²) >= 11 is 1.75. The second-order valence-corrected chi connectivity index (χ2v) is 6.24. The maximum Gasteiger partial charge on any atom is 0.143 e. The van der Waals surface area contributed by atoms with Gasteiger partial charge in [0.05, 0.1) is 9.79 Å². The van der Waals surface area contributed by atoms with Crippen molar-refractivity contribution in [1.82, 2.24) is 0 Å². The molecule has 3 aromatic carbocycles. The fraction of sp³-hybridized carbons (Fsp3) is 0.0526. The maximum atomic E-state index is 6.01. The predicted molar refractivity (Wildman–Crippen MR) is 90.8 cm³/mol. The molecule has 0 fully saturated rings. The van der Waals surface area contributed by atoms with Gasteiger partial charge in [0.15, 0.2) is 0 Å². The second kappa shape index (κ2) is 5.78. The number of ether oxygens (including phenoxy) is 1. The van der Waals surface area contributed by atoms with Crippen molar-refractivity contribution in [3.05, 3.63) is 78.4 Å². The topological polar surface area (TPSA) is 21.3 Å². The lowest BCUT2D eigenvalue weighted by atomic mass is 10.2. The number of benzene rings is 3. The Labute approximate surface area is 134 Å². The van der Waals surface area contributed by atoms with E-state index >= 15 is 0 Å². The summed E-state index contributed by atoms with van der Waals surface area (Å²) in [7, 11) is 0. The molecule has 3 heteroatoms. The summed E-state index contributed by atoms with van der Waals surface area (Å²) in [6.07, 6.45) is 0. The molecule has 0 saturated carbocycles. The maximum absolute atomic E-state index is 6.01. The molecule has 0 aromatic heterocycles. The van der Waals surface area contributed by atoms with Gasteiger partial charge < -0.3 is 10.1 Å². The average Bonchev–Trinajstić information content (AvgIpc) is 2.59. The monoisotopic (exact) mass is 305 g/mol. The Bertz CT molecular complexity index is 802. The van der Waals surface area contributed by atoms with E-state index in [0.29, 0.717) is 0 Å². The van der Waals surface area contributed by atoms with Gasteiger partial charge in [-0.2, -0.15) is 0 Å². The van der Waals surface area contributed by atoms with Crippen LogP contribution in [0.5, 0.6) is 11.5 Å². The molecule has 1 N–H and O–H groups in total. The van der Waals surface area contributed by atoms with Gasteiger partial charge in [-0.05, 0) is 29.8 Å². The van der Waals surface area contributed by atoms with Crippen molar-refractivity contribution in [2.75, 3.05) is 5.32 Å². The summed E-state index contributed by atoms with van der Waals surface area (Å²) in [5.41, 5.74) is 2.34. The lowest BCUT2D eigenvalue weighted by molar-refractivity contribution is 0.455. The standard InChI is InChI=1S/C19H15NOS/c1-2-6-14(7-3-1)13-20-15-10-11-19-17(12-15)21-16-8-4-5-9-18(16)22-19/h1-12,20H,13H2. The van der Waals surface area contributed by atoms with Crippen LogP contribution in [-0.2, 0) is 6.54 Å². The molecule has 0 radical (unpaired) electrons. The van der Waals surface area contributed by atoms with Crippen LogP contribution in [0.1, 0.15) is 5.56 Å². The Morgan fingerprint density at radius 1 is 0.773 bits per heavy atom. The Kier molecular flexibility index (Phi) is 3.49. The van der Waals surface area contributed by atoms with E-state index in [0.717, 1.165) is 28.6 Å². The number of hydrogen-bond acceptors (Lipinski definition) is 3. The van der Waals surface area contributed by atoms with Gasteiger partial charge in [-0.3, -0.25) is 0 Å². The second-order valence-electron chi connectivity index (χ2n) is 5.15. The highest BCUT2D eigenvalue weighted by molar-refractivity contribution is 7.99. The van der Waals surface area contributed by atoms with Gasteiger partial charge >= 0.3 is 0 Å². The zero-order valence-electron chi connectivity index (χ0n) is 12.0. The molecule has 0 spiro atoms. The highest BCUT2D eigenvalue weighted by Gasteiger charge is 2.17. The fourth-order valence-electron chi connectivity index (χ4n) is 2.44. The minimum absolute atomic E-state index is 0.809. The summed E-state index contributed by atoms with van der Waals surface area (Å²) in [5.74, 6) is 1.85. The molecule has 0 atom stereocenters. The van der Waals surface area contributed by atoms with Crippen molar-refractivity contribution < 1.29 is 4.74 Å². The van der Waals surface area contributed by atoms with Crippen LogP contribution in [0.4, 0.5) is 5.69 Å². The molecule has 2 nitrogen and oxygen atoms in total. The van der Waals surface area contributed by atoms with Crippen LogP contribution >= 0.6 is 11.8 Å². The Hall–Kier alpha value is -2.39. The lowest BCUT2D eigenvalue weighted by Gasteiger charge is -2.20. The summed E-state index contributed by atoms with van der Waals surface area (Å²) in [6.45, 7) is 0.809. The highest BCUT2D eigenvalue weighted by atomic mass is 32.2. The number of rotatable bonds is 3. The van der Waals surface area contributed by atoms with Crippen LogP contribution in [0.3, 0.4) is 0 Å². The molecule has 22 heavy (non-hydrogen) atoms. The first kappa shape index (κ1) is 13.3. The molecule has 1 aliphatic heterocycles. The third-order valence-corrected chi connectivity index (χ3v) is 4.69. The van der Waals surface area contributed by atoms with Crippen molar-refractivity contribution in [3.63, 3.8) is 0 Å². The van der Waals surface area contributed by atoms with E-state index in [9.17, 15) is 0 Å². The van der Waals surface area contributed by atoms with Crippen molar-refractivity contribution >= 4 is 17.4 Å². The minimum Gasteiger partial charge on any atom is -0.455 e. The SMILES string of the molecule is c1ccc(CNc2ccc3c(c2)Oc2ccccc2S3)cc1. The molecular weight excluding hydrogens is 290 g/mol. The first-order valence-corrected chi connectivity index (χ1v) is 8.07. The van der Waals surface area contributed by atoms with Gasteiger partial charge in [-0.15, -0.1) is 0 Å². The van der Waals surface area contributed by atoms with E-state index in [1.165, 1.54) is 10.5 Å². The van der Waals surface area contributed by atoms with Crippen molar-refractivity contribution in [2.24, 2.45) is 0 Å². The molecule has 0 unspecified atom stereocenters. The predicted octanol–water partition coefficient (Wildman–Crippen LogP) is 5.56. The Balaban J connectivity index is 1.53. The number of hydrogen-bond donors (Lipinski definition) is 1. The third-order valence-electron chi connectivity index (χ3n) is 3.57. The smallest absolute Gasteiger partial charge is 0.143 e. The van der Waals surface area contributed by atoms with E-state index in [2.05, 4.69) is 53.8 Å². The largest absolute Gasteiger partial charge is 0.455 e. The Morgan fingerprint density at radius 2 is 1.55 bits per heavy atom. The molecule has 108 valence electrons. The quantitative estimate of drug-likeness (QED) is 0.536. The van der Waals surface area contributed by atoms with Crippen LogP contribution < -0.4 is 10.1 Å². The zero-order valence-corrected chi connectivity index (χ0v) is 12.8. The van der Waals surface area contributed by atoms with Crippen LogP contribution in [0.15, 0.2) is 82.6 Å². The minimum atomic E-state index is 0.809. The highest BCUT2D eigenvalue weighted by Crippen LogP contribution is 2.47. The van der Waals surface area contributed by atoms with E-state index < -0.39 is 0 Å². The summed E-state index contributed by atoms with van der Waals surface area (Å²) in [5, 5.41) is 3.45. The van der Waals surface area contributed by atoms with E-state index in [-0.39, 0.29) is 0 Å². The third kappa shape index (κ3) is 2.68. The number of nitrogens with one attached hydrogen (secondary N) is 1. The van der Waals surface area contributed by atoms with Gasteiger partial charge in [0.2, 0.25) is 0 Å². The van der Waals surface area contributed by atoms with Gasteiger partial charge in [-0.1, -0.05) is 54.2 Å². The summed E-state index contributed by atoms with van der Waals surface area (Å²) in [6, 6.07) is 24.8. The molecule has 0 bridgehead atoms. The van der Waals surface area contributed by atoms with Crippen molar-refractivity contribution in [2.45, 2.75) is 16.3 Å². The zero-order chi connectivity index (χ0) is 14.8. The summed E-state index contributed by atoms with van der Waals surface area (Å²) in [4.78, 5) is 2.32. The number of anilines is 1. The van der Waals surface area contributed by atoms with E-state index in [1.807, 2.05) is 24.3 Å². The molecule has 0 aliphatic carbocycles. The van der Waals surface area contributed by atoms with Crippen molar-refractivity contribution in [3.8, 4) is 11.5 Å². The molecule has 0 amide bonds.